The van der Waals surface area contributed by atoms with E-state index >= 15 is 0 Å². The molecule has 0 N–H and O–H groups in total. The van der Waals surface area contributed by atoms with Crippen LogP contribution in [0.5, 0.6) is 0 Å². The number of carbonyl (C=O) groups excluding carboxylic acids is 1. The van der Waals surface area contributed by atoms with E-state index in [-0.39, 0.29) is 11.7 Å². The van der Waals surface area contributed by atoms with E-state index < -0.39 is 0 Å². The fraction of sp³-hybridized carbons (Fsp3) is 0.409. The number of carbonyl (C=O) groups is 1. The van der Waals surface area contributed by atoms with Crippen LogP contribution in [0.4, 0.5) is 11.5 Å². The maximum absolute atomic E-state index is 12.9. The second-order valence-corrected chi connectivity index (χ2v) is 8.57. The molecule has 2 saturated heterocycles. The zero-order valence-electron chi connectivity index (χ0n) is 16.3. The number of fused-ring (bicyclic) bond motifs is 1. The standard InChI is InChI=1S/C22H24N4O2S/c27-21(20-4-2-12-29-20)16-3-1-7-26(14-16)22-18-6-5-17(13-19(18)23-15-24-22)25-8-10-28-11-9-25/h2,4-6,12-13,15-16H,1,3,7-11,14H2. The van der Waals surface area contributed by atoms with Gasteiger partial charge < -0.3 is 14.5 Å². The van der Waals surface area contributed by atoms with E-state index in [0.717, 1.165) is 67.3 Å². The van der Waals surface area contributed by atoms with Crippen molar-refractivity contribution in [1.82, 2.24) is 9.97 Å². The van der Waals surface area contributed by atoms with Crippen molar-refractivity contribution in [3.63, 3.8) is 0 Å². The highest BCUT2D eigenvalue weighted by atomic mass is 32.1. The number of rotatable bonds is 4. The fourth-order valence-corrected chi connectivity index (χ4v) is 5.05. The third-order valence-corrected chi connectivity index (χ3v) is 6.72. The lowest BCUT2D eigenvalue weighted by Gasteiger charge is -2.33. The lowest BCUT2D eigenvalue weighted by molar-refractivity contribution is 0.0911. The van der Waals surface area contributed by atoms with Crippen LogP contribution >= 0.6 is 11.3 Å². The summed E-state index contributed by atoms with van der Waals surface area (Å²) in [6, 6.07) is 10.3. The molecule has 7 heteroatoms. The Morgan fingerprint density at radius 3 is 2.83 bits per heavy atom. The molecule has 0 spiro atoms. The SMILES string of the molecule is O=C(c1cccs1)C1CCCN(c2ncnc3cc(N4CCOCC4)ccc23)C1. The second-order valence-electron chi connectivity index (χ2n) is 7.62. The Morgan fingerprint density at radius 1 is 1.10 bits per heavy atom. The lowest BCUT2D eigenvalue weighted by atomic mass is 9.93. The number of nitrogens with zero attached hydrogens (tertiary/aromatic N) is 4. The Labute approximate surface area is 174 Å². The van der Waals surface area contributed by atoms with Crippen LogP contribution < -0.4 is 9.80 Å². The number of benzene rings is 1. The summed E-state index contributed by atoms with van der Waals surface area (Å²) in [5.41, 5.74) is 2.13. The van der Waals surface area contributed by atoms with E-state index in [4.69, 9.17) is 4.74 Å². The van der Waals surface area contributed by atoms with E-state index in [1.54, 1.807) is 6.33 Å². The minimum absolute atomic E-state index is 0.0278. The van der Waals surface area contributed by atoms with Gasteiger partial charge in [0.2, 0.25) is 0 Å². The maximum Gasteiger partial charge on any atom is 0.177 e. The van der Waals surface area contributed by atoms with Crippen LogP contribution in [0.3, 0.4) is 0 Å². The summed E-state index contributed by atoms with van der Waals surface area (Å²) in [6.45, 7) is 4.98. The number of anilines is 2. The van der Waals surface area contributed by atoms with Crippen LogP contribution in [-0.2, 0) is 4.74 Å². The van der Waals surface area contributed by atoms with Gasteiger partial charge >= 0.3 is 0 Å². The quantitative estimate of drug-likeness (QED) is 0.615. The molecule has 2 aliphatic heterocycles. The zero-order valence-corrected chi connectivity index (χ0v) is 17.1. The number of Topliss-reactive ketones (excluding diaryl/α,β-unsaturated/α-hetero) is 1. The van der Waals surface area contributed by atoms with Gasteiger partial charge in [0, 0.05) is 43.2 Å². The molecule has 150 valence electrons. The molecular weight excluding hydrogens is 384 g/mol. The highest BCUT2D eigenvalue weighted by Crippen LogP contribution is 2.31. The first-order valence-corrected chi connectivity index (χ1v) is 11.1. The van der Waals surface area contributed by atoms with Crippen molar-refractivity contribution >= 4 is 39.5 Å². The Balaban J connectivity index is 1.41. The Bertz CT molecular complexity index is 1000. The molecule has 0 radical (unpaired) electrons. The predicted octanol–water partition coefficient (Wildman–Crippen LogP) is 3.63. The van der Waals surface area contributed by atoms with Crippen LogP contribution in [0.25, 0.3) is 10.9 Å². The molecule has 4 heterocycles. The van der Waals surface area contributed by atoms with Gasteiger partial charge in [-0.15, -0.1) is 11.3 Å². The van der Waals surface area contributed by atoms with Gasteiger partial charge in [0.15, 0.2) is 5.78 Å². The molecule has 0 saturated carbocycles. The van der Waals surface area contributed by atoms with Crippen molar-refractivity contribution < 1.29 is 9.53 Å². The van der Waals surface area contributed by atoms with Crippen LogP contribution in [0.2, 0.25) is 0 Å². The molecule has 1 unspecified atom stereocenters. The normalized spacial score (nSPS) is 20.2. The molecule has 2 aromatic heterocycles. The molecule has 2 fully saturated rings. The average molecular weight is 409 g/mol. The molecule has 6 nitrogen and oxygen atoms in total. The van der Waals surface area contributed by atoms with E-state index in [1.807, 2.05) is 17.5 Å². The van der Waals surface area contributed by atoms with Crippen molar-refractivity contribution in [3.8, 4) is 0 Å². The molecule has 1 aromatic carbocycles. The number of ketones is 1. The smallest absolute Gasteiger partial charge is 0.177 e. The van der Waals surface area contributed by atoms with Gasteiger partial charge in [-0.05, 0) is 42.5 Å². The number of hydrogen-bond acceptors (Lipinski definition) is 7. The van der Waals surface area contributed by atoms with E-state index in [9.17, 15) is 4.79 Å². The summed E-state index contributed by atoms with van der Waals surface area (Å²) in [5.74, 6) is 1.23. The van der Waals surface area contributed by atoms with Crippen LogP contribution in [0.15, 0.2) is 42.0 Å². The molecule has 0 aliphatic carbocycles. The molecule has 29 heavy (non-hydrogen) atoms. The first-order chi connectivity index (χ1) is 14.3. The lowest BCUT2D eigenvalue weighted by Crippen LogP contribution is -2.39. The summed E-state index contributed by atoms with van der Waals surface area (Å²) in [4.78, 5) is 27.4. The summed E-state index contributed by atoms with van der Waals surface area (Å²) in [7, 11) is 0. The number of morpholine rings is 1. The van der Waals surface area contributed by atoms with Gasteiger partial charge in [-0.2, -0.15) is 0 Å². The zero-order chi connectivity index (χ0) is 19.6. The largest absolute Gasteiger partial charge is 0.378 e. The molecule has 0 amide bonds. The van der Waals surface area contributed by atoms with Crippen LogP contribution in [0.1, 0.15) is 22.5 Å². The van der Waals surface area contributed by atoms with Gasteiger partial charge in [-0.25, -0.2) is 9.97 Å². The molecule has 2 aliphatic rings. The average Bonchev–Trinajstić information content (AvgIpc) is 3.33. The minimum atomic E-state index is 0.0278. The molecular formula is C22H24N4O2S. The number of aromatic nitrogens is 2. The van der Waals surface area contributed by atoms with E-state index in [0.29, 0.717) is 6.54 Å². The Morgan fingerprint density at radius 2 is 2.00 bits per heavy atom. The van der Waals surface area contributed by atoms with Crippen molar-refractivity contribution in [2.45, 2.75) is 12.8 Å². The molecule has 5 rings (SSSR count). The van der Waals surface area contributed by atoms with Gasteiger partial charge in [-0.3, -0.25) is 4.79 Å². The molecule has 3 aromatic rings. The predicted molar refractivity (Wildman–Crippen MR) is 116 cm³/mol. The third-order valence-electron chi connectivity index (χ3n) is 5.83. The Hall–Kier alpha value is -2.51. The first-order valence-electron chi connectivity index (χ1n) is 10.2. The van der Waals surface area contributed by atoms with Gasteiger partial charge in [0.05, 0.1) is 23.6 Å². The van der Waals surface area contributed by atoms with Gasteiger partial charge in [0.1, 0.15) is 12.1 Å². The highest BCUT2D eigenvalue weighted by molar-refractivity contribution is 7.12. The van der Waals surface area contributed by atoms with E-state index in [1.165, 1.54) is 17.0 Å². The van der Waals surface area contributed by atoms with Crippen molar-refractivity contribution in [2.75, 3.05) is 49.2 Å². The topological polar surface area (TPSA) is 58.6 Å². The van der Waals surface area contributed by atoms with Crippen molar-refractivity contribution in [2.24, 2.45) is 5.92 Å². The number of hydrogen-bond donors (Lipinski definition) is 0. The fourth-order valence-electron chi connectivity index (χ4n) is 4.30. The van der Waals surface area contributed by atoms with E-state index in [2.05, 4.69) is 38.0 Å². The number of ether oxygens (including phenoxy) is 1. The summed E-state index contributed by atoms with van der Waals surface area (Å²) in [6.07, 6.45) is 3.59. The molecule has 1 atom stereocenters. The van der Waals surface area contributed by atoms with Crippen molar-refractivity contribution in [3.05, 3.63) is 46.9 Å². The first kappa shape index (κ1) is 18.5. The maximum atomic E-state index is 12.9. The molecule has 0 bridgehead atoms. The summed E-state index contributed by atoms with van der Waals surface area (Å²) in [5, 5.41) is 3.02. The summed E-state index contributed by atoms with van der Waals surface area (Å²) < 4.78 is 5.46. The second kappa shape index (κ2) is 8.08. The number of thiophene rings is 1. The number of piperidine rings is 1. The van der Waals surface area contributed by atoms with Crippen LogP contribution in [0, 0.1) is 5.92 Å². The summed E-state index contributed by atoms with van der Waals surface area (Å²) >= 11 is 1.53. The van der Waals surface area contributed by atoms with Crippen molar-refractivity contribution in [1.29, 1.82) is 0 Å². The third kappa shape index (κ3) is 3.72. The highest BCUT2D eigenvalue weighted by Gasteiger charge is 2.28. The van der Waals surface area contributed by atoms with Gasteiger partial charge in [0.25, 0.3) is 0 Å². The van der Waals surface area contributed by atoms with Gasteiger partial charge in [-0.1, -0.05) is 6.07 Å². The Kier molecular flexibility index (Phi) is 5.16. The minimum Gasteiger partial charge on any atom is -0.378 e. The van der Waals surface area contributed by atoms with Crippen LogP contribution in [-0.4, -0.2) is 55.1 Å². The monoisotopic (exact) mass is 408 g/mol.